The number of imidazole rings is 1. The normalized spacial score (nSPS) is 11.4. The Morgan fingerprint density at radius 3 is 2.80 bits per heavy atom. The Kier molecular flexibility index (Phi) is 5.45. The third-order valence-corrected chi connectivity index (χ3v) is 4.85. The van der Waals surface area contributed by atoms with Gasteiger partial charge in [0.25, 0.3) is 0 Å². The van der Waals surface area contributed by atoms with Crippen molar-refractivity contribution in [3.8, 4) is 5.75 Å². The van der Waals surface area contributed by atoms with Crippen LogP contribution in [-0.2, 0) is 17.3 Å². The number of para-hydroxylation sites is 1. The molecular formula is C14H21ClN2O2Si. The van der Waals surface area contributed by atoms with Crippen LogP contribution >= 0.6 is 11.6 Å². The summed E-state index contributed by atoms with van der Waals surface area (Å²) < 4.78 is 13.1. The fraction of sp³-hybridized carbons (Fsp3) is 0.500. The van der Waals surface area contributed by atoms with Gasteiger partial charge in [0.15, 0.2) is 0 Å². The molecule has 0 saturated heterocycles. The van der Waals surface area contributed by atoms with Crippen LogP contribution in [0.3, 0.4) is 0 Å². The van der Waals surface area contributed by atoms with Gasteiger partial charge in [-0.15, -0.1) is 11.6 Å². The SMILES string of the molecule is COc1cccc2c1nc(CCl)n2COCC[SiH](C)C. The second-order valence-corrected chi connectivity index (χ2v) is 8.77. The molecule has 4 nitrogen and oxygen atoms in total. The number of ether oxygens (including phenoxy) is 2. The number of halogens is 1. The average Bonchev–Trinajstić information content (AvgIpc) is 2.81. The van der Waals surface area contributed by atoms with Crippen molar-refractivity contribution in [2.24, 2.45) is 0 Å². The molecule has 0 aliphatic heterocycles. The van der Waals surface area contributed by atoms with Gasteiger partial charge in [0, 0.05) is 15.4 Å². The van der Waals surface area contributed by atoms with E-state index in [1.165, 1.54) is 6.04 Å². The third-order valence-electron chi connectivity index (χ3n) is 3.22. The predicted octanol–water partition coefficient (Wildman–Crippen LogP) is 3.24. The van der Waals surface area contributed by atoms with Crippen LogP contribution in [0.25, 0.3) is 11.0 Å². The molecule has 0 N–H and O–H groups in total. The molecule has 20 heavy (non-hydrogen) atoms. The Balaban J connectivity index is 2.22. The summed E-state index contributed by atoms with van der Waals surface area (Å²) in [5.74, 6) is 1.94. The third kappa shape index (κ3) is 3.34. The topological polar surface area (TPSA) is 36.3 Å². The summed E-state index contributed by atoms with van der Waals surface area (Å²) in [4.78, 5) is 4.55. The smallest absolute Gasteiger partial charge is 0.146 e. The summed E-state index contributed by atoms with van der Waals surface area (Å²) in [6, 6.07) is 7.06. The van der Waals surface area contributed by atoms with Gasteiger partial charge in [0.2, 0.25) is 0 Å². The summed E-state index contributed by atoms with van der Waals surface area (Å²) in [6.45, 7) is 5.94. The number of aromatic nitrogens is 2. The molecule has 2 rings (SSSR count). The molecule has 1 heterocycles. The highest BCUT2D eigenvalue weighted by atomic mass is 35.5. The maximum atomic E-state index is 5.99. The molecule has 0 fully saturated rings. The van der Waals surface area contributed by atoms with Crippen molar-refractivity contribution in [2.45, 2.75) is 31.7 Å². The Hall–Kier alpha value is -1.04. The molecule has 0 bridgehead atoms. The second-order valence-electron chi connectivity index (χ2n) is 5.14. The van der Waals surface area contributed by atoms with Gasteiger partial charge in [-0.3, -0.25) is 0 Å². The molecule has 0 unspecified atom stereocenters. The zero-order valence-corrected chi connectivity index (χ0v) is 14.1. The van der Waals surface area contributed by atoms with Crippen LogP contribution in [0.1, 0.15) is 5.82 Å². The summed E-state index contributed by atoms with van der Waals surface area (Å²) in [5.41, 5.74) is 1.84. The summed E-state index contributed by atoms with van der Waals surface area (Å²) in [5, 5.41) is 0. The highest BCUT2D eigenvalue weighted by Crippen LogP contribution is 2.26. The van der Waals surface area contributed by atoms with Gasteiger partial charge in [-0.05, 0) is 18.2 Å². The second kappa shape index (κ2) is 7.11. The number of rotatable bonds is 7. The predicted molar refractivity (Wildman–Crippen MR) is 85.5 cm³/mol. The number of benzene rings is 1. The van der Waals surface area contributed by atoms with Crippen molar-refractivity contribution in [2.75, 3.05) is 13.7 Å². The highest BCUT2D eigenvalue weighted by Gasteiger charge is 2.13. The first-order valence-corrected chi connectivity index (χ1v) is 10.5. The quantitative estimate of drug-likeness (QED) is 0.447. The van der Waals surface area contributed by atoms with E-state index in [0.717, 1.165) is 29.2 Å². The molecule has 6 heteroatoms. The fourth-order valence-electron chi connectivity index (χ4n) is 2.06. The minimum atomic E-state index is -0.559. The minimum Gasteiger partial charge on any atom is -0.494 e. The number of methoxy groups -OCH3 is 1. The van der Waals surface area contributed by atoms with Gasteiger partial charge in [0.1, 0.15) is 23.8 Å². The monoisotopic (exact) mass is 312 g/mol. The Morgan fingerprint density at radius 2 is 2.15 bits per heavy atom. The molecule has 110 valence electrons. The van der Waals surface area contributed by atoms with Crippen LogP contribution in [0.2, 0.25) is 19.1 Å². The van der Waals surface area contributed by atoms with Gasteiger partial charge in [-0.2, -0.15) is 0 Å². The fourth-order valence-corrected chi connectivity index (χ4v) is 2.90. The number of hydrogen-bond donors (Lipinski definition) is 0. The van der Waals surface area contributed by atoms with E-state index in [-0.39, 0.29) is 0 Å². The Bertz CT molecular complexity index is 572. The zero-order chi connectivity index (χ0) is 14.5. The van der Waals surface area contributed by atoms with Crippen molar-refractivity contribution in [1.29, 1.82) is 0 Å². The largest absolute Gasteiger partial charge is 0.494 e. The van der Waals surface area contributed by atoms with E-state index < -0.39 is 8.80 Å². The molecule has 0 amide bonds. The molecule has 0 aliphatic rings. The van der Waals surface area contributed by atoms with E-state index in [0.29, 0.717) is 12.6 Å². The van der Waals surface area contributed by atoms with Gasteiger partial charge >= 0.3 is 0 Å². The molecule has 1 aromatic carbocycles. The van der Waals surface area contributed by atoms with E-state index in [1.54, 1.807) is 7.11 Å². The number of alkyl halides is 1. The Labute approximate surface area is 126 Å². The van der Waals surface area contributed by atoms with Gasteiger partial charge in [-0.25, -0.2) is 4.98 Å². The lowest BCUT2D eigenvalue weighted by Gasteiger charge is -2.10. The lowest BCUT2D eigenvalue weighted by molar-refractivity contribution is 0.0887. The van der Waals surface area contributed by atoms with Crippen LogP contribution in [0.15, 0.2) is 18.2 Å². The van der Waals surface area contributed by atoms with E-state index in [9.17, 15) is 0 Å². The first-order valence-electron chi connectivity index (χ1n) is 6.83. The van der Waals surface area contributed by atoms with Crippen molar-refractivity contribution in [1.82, 2.24) is 9.55 Å². The van der Waals surface area contributed by atoms with Gasteiger partial charge < -0.3 is 14.0 Å². The zero-order valence-electron chi connectivity index (χ0n) is 12.2. The molecule has 0 saturated carbocycles. The first kappa shape index (κ1) is 15.3. The van der Waals surface area contributed by atoms with Crippen molar-refractivity contribution in [3.05, 3.63) is 24.0 Å². The minimum absolute atomic E-state index is 0.361. The molecule has 0 radical (unpaired) electrons. The number of hydrogen-bond acceptors (Lipinski definition) is 3. The van der Waals surface area contributed by atoms with Gasteiger partial charge in [-0.1, -0.05) is 19.2 Å². The average molecular weight is 313 g/mol. The molecule has 0 aliphatic carbocycles. The molecule has 0 spiro atoms. The van der Waals surface area contributed by atoms with Crippen molar-refractivity contribution < 1.29 is 9.47 Å². The van der Waals surface area contributed by atoms with E-state index in [2.05, 4.69) is 18.1 Å². The van der Waals surface area contributed by atoms with Crippen LogP contribution < -0.4 is 4.74 Å². The molecule has 0 atom stereocenters. The summed E-state index contributed by atoms with van der Waals surface area (Å²) >= 11 is 5.99. The van der Waals surface area contributed by atoms with Crippen molar-refractivity contribution in [3.63, 3.8) is 0 Å². The van der Waals surface area contributed by atoms with Crippen LogP contribution in [0.4, 0.5) is 0 Å². The van der Waals surface area contributed by atoms with Crippen LogP contribution in [-0.4, -0.2) is 32.1 Å². The summed E-state index contributed by atoms with van der Waals surface area (Å²) in [6.07, 6.45) is 0. The Morgan fingerprint density at radius 1 is 1.35 bits per heavy atom. The lowest BCUT2D eigenvalue weighted by atomic mass is 10.3. The highest BCUT2D eigenvalue weighted by molar-refractivity contribution is 6.55. The van der Waals surface area contributed by atoms with E-state index in [4.69, 9.17) is 21.1 Å². The van der Waals surface area contributed by atoms with E-state index >= 15 is 0 Å². The number of nitrogens with zero attached hydrogens (tertiary/aromatic N) is 2. The maximum absolute atomic E-state index is 5.99. The molecular weight excluding hydrogens is 292 g/mol. The summed E-state index contributed by atoms with van der Waals surface area (Å²) in [7, 11) is 1.09. The molecule has 2 aromatic rings. The van der Waals surface area contributed by atoms with Crippen LogP contribution in [0.5, 0.6) is 5.75 Å². The van der Waals surface area contributed by atoms with Gasteiger partial charge in [0.05, 0.1) is 18.5 Å². The van der Waals surface area contributed by atoms with E-state index in [1.807, 2.05) is 22.8 Å². The van der Waals surface area contributed by atoms with Crippen molar-refractivity contribution >= 4 is 31.4 Å². The van der Waals surface area contributed by atoms with Crippen LogP contribution in [0, 0.1) is 0 Å². The first-order chi connectivity index (χ1) is 9.67. The standard InChI is InChI=1S/C14H21ClN2O2Si/c1-18-12-6-4-5-11-14(12)16-13(9-15)17(11)10-19-7-8-20(2)3/h4-6,20H,7-10H2,1-3H3. The lowest BCUT2D eigenvalue weighted by Crippen LogP contribution is -2.10. The number of fused-ring (bicyclic) bond motifs is 1. The maximum Gasteiger partial charge on any atom is 0.146 e. The molecule has 1 aromatic heterocycles.